The maximum Gasteiger partial charge on any atom is 0.269 e. The fourth-order valence-corrected chi connectivity index (χ4v) is 2.82. The Morgan fingerprint density at radius 3 is 2.71 bits per heavy atom. The second-order valence-corrected chi connectivity index (χ2v) is 5.77. The molecule has 0 aromatic heterocycles. The average molecular weight is 291 g/mol. The number of nitrogens with one attached hydrogen (secondary N) is 1. The predicted octanol–water partition coefficient (Wildman–Crippen LogP) is 1.80. The Bertz CT molecular complexity index is 487. The summed E-state index contributed by atoms with van der Waals surface area (Å²) in [6.07, 6.45) is 3.96. The van der Waals surface area contributed by atoms with Crippen LogP contribution in [0.3, 0.4) is 0 Å². The van der Waals surface area contributed by atoms with Crippen LogP contribution in [-0.4, -0.2) is 48.1 Å². The molecule has 1 unspecified atom stereocenters. The molecule has 0 spiro atoms. The Labute approximate surface area is 124 Å². The minimum atomic E-state index is -0.406. The summed E-state index contributed by atoms with van der Waals surface area (Å²) < 4.78 is 5.59. The zero-order valence-electron chi connectivity index (χ0n) is 12.0. The number of benzene rings is 1. The SMILES string of the molecule is O=[N+]([O-])c1ccc(OCCNC2CCN(C3CC3)C2)cc1. The van der Waals surface area contributed by atoms with Crippen LogP contribution >= 0.6 is 0 Å². The summed E-state index contributed by atoms with van der Waals surface area (Å²) in [6, 6.07) is 7.64. The zero-order valence-corrected chi connectivity index (χ0v) is 12.0. The van der Waals surface area contributed by atoms with Gasteiger partial charge in [0.05, 0.1) is 4.92 Å². The van der Waals surface area contributed by atoms with Crippen molar-refractivity contribution in [3.8, 4) is 5.75 Å². The van der Waals surface area contributed by atoms with Crippen LogP contribution in [0, 0.1) is 10.1 Å². The lowest BCUT2D eigenvalue weighted by molar-refractivity contribution is -0.384. The third-order valence-corrected chi connectivity index (χ3v) is 4.13. The third kappa shape index (κ3) is 3.92. The molecule has 2 aliphatic rings. The van der Waals surface area contributed by atoms with Gasteiger partial charge in [-0.15, -0.1) is 0 Å². The molecule has 1 saturated heterocycles. The first-order valence-electron chi connectivity index (χ1n) is 7.57. The molecule has 6 heteroatoms. The molecular weight excluding hydrogens is 270 g/mol. The van der Waals surface area contributed by atoms with Crippen molar-refractivity contribution in [3.63, 3.8) is 0 Å². The predicted molar refractivity (Wildman–Crippen MR) is 79.6 cm³/mol. The number of nitro benzene ring substituents is 1. The van der Waals surface area contributed by atoms with Crippen molar-refractivity contribution in [2.24, 2.45) is 0 Å². The van der Waals surface area contributed by atoms with Gasteiger partial charge < -0.3 is 10.1 Å². The molecular formula is C15H21N3O3. The van der Waals surface area contributed by atoms with E-state index in [1.165, 1.54) is 37.9 Å². The summed E-state index contributed by atoms with van der Waals surface area (Å²) in [5, 5.41) is 14.1. The molecule has 1 atom stereocenters. The van der Waals surface area contributed by atoms with Crippen LogP contribution in [0.5, 0.6) is 5.75 Å². The van der Waals surface area contributed by atoms with E-state index in [2.05, 4.69) is 10.2 Å². The average Bonchev–Trinajstić information content (AvgIpc) is 3.24. The van der Waals surface area contributed by atoms with E-state index in [0.29, 0.717) is 18.4 Å². The highest BCUT2D eigenvalue weighted by Crippen LogP contribution is 2.29. The van der Waals surface area contributed by atoms with E-state index in [9.17, 15) is 10.1 Å². The number of likely N-dealkylation sites (tertiary alicyclic amines) is 1. The lowest BCUT2D eigenvalue weighted by Crippen LogP contribution is -2.35. The van der Waals surface area contributed by atoms with Crippen molar-refractivity contribution in [1.29, 1.82) is 0 Å². The van der Waals surface area contributed by atoms with Crippen molar-refractivity contribution in [2.45, 2.75) is 31.3 Å². The smallest absolute Gasteiger partial charge is 0.269 e. The first kappa shape index (κ1) is 14.3. The summed E-state index contributed by atoms with van der Waals surface area (Å²) in [5.74, 6) is 0.674. The highest BCUT2D eigenvalue weighted by Gasteiger charge is 2.33. The summed E-state index contributed by atoms with van der Waals surface area (Å²) >= 11 is 0. The number of non-ortho nitro benzene ring substituents is 1. The Kier molecular flexibility index (Phi) is 4.36. The summed E-state index contributed by atoms with van der Waals surface area (Å²) in [7, 11) is 0. The molecule has 0 amide bonds. The van der Waals surface area contributed by atoms with Crippen molar-refractivity contribution < 1.29 is 9.66 Å². The summed E-state index contributed by atoms with van der Waals surface area (Å²) in [6.45, 7) is 3.76. The molecule has 0 bridgehead atoms. The van der Waals surface area contributed by atoms with Crippen LogP contribution in [0.15, 0.2) is 24.3 Å². The number of nitro groups is 1. The van der Waals surface area contributed by atoms with E-state index in [1.807, 2.05) is 0 Å². The minimum absolute atomic E-state index is 0.0894. The zero-order chi connectivity index (χ0) is 14.7. The first-order valence-corrected chi connectivity index (χ1v) is 7.57. The van der Waals surface area contributed by atoms with Crippen molar-refractivity contribution in [3.05, 3.63) is 34.4 Å². The van der Waals surface area contributed by atoms with Crippen LogP contribution in [0.2, 0.25) is 0 Å². The van der Waals surface area contributed by atoms with Crippen LogP contribution < -0.4 is 10.1 Å². The van der Waals surface area contributed by atoms with E-state index >= 15 is 0 Å². The fraction of sp³-hybridized carbons (Fsp3) is 0.600. The van der Waals surface area contributed by atoms with Crippen LogP contribution in [0.1, 0.15) is 19.3 Å². The van der Waals surface area contributed by atoms with Crippen LogP contribution in [-0.2, 0) is 0 Å². The van der Waals surface area contributed by atoms with Gasteiger partial charge in [0.2, 0.25) is 0 Å². The largest absolute Gasteiger partial charge is 0.492 e. The second-order valence-electron chi connectivity index (χ2n) is 5.77. The van der Waals surface area contributed by atoms with Crippen LogP contribution in [0.4, 0.5) is 5.69 Å². The molecule has 1 aliphatic heterocycles. The molecule has 1 saturated carbocycles. The second kappa shape index (κ2) is 6.41. The van der Waals surface area contributed by atoms with Crippen molar-refractivity contribution in [2.75, 3.05) is 26.2 Å². The van der Waals surface area contributed by atoms with E-state index < -0.39 is 4.92 Å². The van der Waals surface area contributed by atoms with Crippen LogP contribution in [0.25, 0.3) is 0 Å². The molecule has 1 aromatic carbocycles. The van der Waals surface area contributed by atoms with E-state index in [-0.39, 0.29) is 5.69 Å². The minimum Gasteiger partial charge on any atom is -0.492 e. The number of hydrogen-bond donors (Lipinski definition) is 1. The Hall–Kier alpha value is -1.66. The fourth-order valence-electron chi connectivity index (χ4n) is 2.82. The van der Waals surface area contributed by atoms with E-state index in [0.717, 1.165) is 19.1 Å². The summed E-state index contributed by atoms with van der Waals surface area (Å²) in [4.78, 5) is 12.7. The van der Waals surface area contributed by atoms with Crippen molar-refractivity contribution >= 4 is 5.69 Å². The monoisotopic (exact) mass is 291 g/mol. The number of ether oxygens (including phenoxy) is 1. The van der Waals surface area contributed by atoms with Gasteiger partial charge in [0, 0.05) is 43.9 Å². The van der Waals surface area contributed by atoms with Gasteiger partial charge in [-0.3, -0.25) is 15.0 Å². The lowest BCUT2D eigenvalue weighted by atomic mass is 10.2. The Morgan fingerprint density at radius 1 is 1.29 bits per heavy atom. The number of hydrogen-bond acceptors (Lipinski definition) is 5. The normalized spacial score (nSPS) is 22.4. The Balaban J connectivity index is 1.33. The van der Waals surface area contributed by atoms with Gasteiger partial charge in [-0.1, -0.05) is 0 Å². The highest BCUT2D eigenvalue weighted by molar-refractivity contribution is 5.35. The lowest BCUT2D eigenvalue weighted by Gasteiger charge is -2.16. The molecule has 6 nitrogen and oxygen atoms in total. The van der Waals surface area contributed by atoms with Gasteiger partial charge in [0.15, 0.2) is 0 Å². The van der Waals surface area contributed by atoms with E-state index in [4.69, 9.17) is 4.74 Å². The van der Waals surface area contributed by atoms with Gasteiger partial charge in [-0.25, -0.2) is 0 Å². The molecule has 1 aliphatic carbocycles. The molecule has 1 heterocycles. The molecule has 3 rings (SSSR count). The topological polar surface area (TPSA) is 67.6 Å². The standard InChI is InChI=1S/C15H21N3O3/c19-18(20)14-3-5-15(6-4-14)21-10-8-16-12-7-9-17(11-12)13-1-2-13/h3-6,12-13,16H,1-2,7-11H2. The van der Waals surface area contributed by atoms with Gasteiger partial charge in [-0.2, -0.15) is 0 Å². The third-order valence-electron chi connectivity index (χ3n) is 4.13. The maximum atomic E-state index is 10.5. The molecule has 21 heavy (non-hydrogen) atoms. The Morgan fingerprint density at radius 2 is 2.05 bits per heavy atom. The van der Waals surface area contributed by atoms with Gasteiger partial charge in [-0.05, 0) is 31.4 Å². The highest BCUT2D eigenvalue weighted by atomic mass is 16.6. The molecule has 0 radical (unpaired) electrons. The van der Waals surface area contributed by atoms with E-state index in [1.54, 1.807) is 12.1 Å². The van der Waals surface area contributed by atoms with Gasteiger partial charge in [0.25, 0.3) is 5.69 Å². The maximum absolute atomic E-state index is 10.5. The molecule has 1 N–H and O–H groups in total. The first-order chi connectivity index (χ1) is 10.2. The number of nitrogens with zero attached hydrogens (tertiary/aromatic N) is 2. The molecule has 2 fully saturated rings. The van der Waals surface area contributed by atoms with Gasteiger partial charge in [0.1, 0.15) is 12.4 Å². The molecule has 114 valence electrons. The van der Waals surface area contributed by atoms with Gasteiger partial charge >= 0.3 is 0 Å². The molecule has 1 aromatic rings. The number of rotatable bonds is 7. The van der Waals surface area contributed by atoms with Crippen molar-refractivity contribution in [1.82, 2.24) is 10.2 Å². The quantitative estimate of drug-likeness (QED) is 0.471. The summed E-state index contributed by atoms with van der Waals surface area (Å²) in [5.41, 5.74) is 0.0894.